The van der Waals surface area contributed by atoms with Crippen LogP contribution >= 0.6 is 15.9 Å². The second-order valence-corrected chi connectivity index (χ2v) is 7.04. The zero-order chi connectivity index (χ0) is 21.6. The number of hydrogen-bond donors (Lipinski definition) is 3. The summed E-state index contributed by atoms with van der Waals surface area (Å²) in [6, 6.07) is 0. The molecule has 0 atom stereocenters. The lowest BCUT2D eigenvalue weighted by atomic mass is 10.3. The SMILES string of the molecule is C=CC(=O)N1CCCC1.CC.NC(=O)c1c(NCCN2CCOCC2)n[nH]c1Br. The van der Waals surface area contributed by atoms with Crippen LogP contribution in [0.1, 0.15) is 37.0 Å². The van der Waals surface area contributed by atoms with Crippen LogP contribution in [-0.4, -0.2) is 84.3 Å². The highest BCUT2D eigenvalue weighted by Gasteiger charge is 2.17. The number of likely N-dealkylation sites (tertiary alicyclic amines) is 1. The maximum Gasteiger partial charge on any atom is 0.255 e. The van der Waals surface area contributed by atoms with Crippen molar-refractivity contribution in [3.05, 3.63) is 22.8 Å². The summed E-state index contributed by atoms with van der Waals surface area (Å²) in [5, 5.41) is 9.78. The van der Waals surface area contributed by atoms with Crippen LogP contribution in [-0.2, 0) is 9.53 Å². The molecule has 2 amide bonds. The summed E-state index contributed by atoms with van der Waals surface area (Å²) in [7, 11) is 0. The predicted octanol–water partition coefficient (Wildman–Crippen LogP) is 1.84. The number of nitrogens with zero attached hydrogens (tertiary/aromatic N) is 3. The summed E-state index contributed by atoms with van der Waals surface area (Å²) >= 11 is 3.20. The fraction of sp³-hybridized carbons (Fsp3) is 0.632. The Morgan fingerprint density at radius 2 is 1.90 bits per heavy atom. The molecule has 164 valence electrons. The number of hydrogen-bond acceptors (Lipinski definition) is 6. The van der Waals surface area contributed by atoms with Gasteiger partial charge in [0, 0.05) is 39.3 Å². The Morgan fingerprint density at radius 1 is 1.28 bits per heavy atom. The van der Waals surface area contributed by atoms with E-state index >= 15 is 0 Å². The number of primary amides is 1. The van der Waals surface area contributed by atoms with E-state index < -0.39 is 5.91 Å². The number of ether oxygens (including phenoxy) is 1. The summed E-state index contributed by atoms with van der Waals surface area (Å²) in [6.07, 6.45) is 3.68. The van der Waals surface area contributed by atoms with Gasteiger partial charge in [0.05, 0.1) is 13.2 Å². The van der Waals surface area contributed by atoms with Crippen LogP contribution in [0.4, 0.5) is 5.82 Å². The van der Waals surface area contributed by atoms with Crippen LogP contribution < -0.4 is 11.1 Å². The summed E-state index contributed by atoms with van der Waals surface area (Å²) in [5.41, 5.74) is 5.64. The third kappa shape index (κ3) is 8.55. The first-order chi connectivity index (χ1) is 14.0. The summed E-state index contributed by atoms with van der Waals surface area (Å²) in [4.78, 5) is 26.2. The lowest BCUT2D eigenvalue weighted by Crippen LogP contribution is -2.39. The van der Waals surface area contributed by atoms with Crippen LogP contribution in [0, 0.1) is 0 Å². The first-order valence-corrected chi connectivity index (χ1v) is 10.8. The van der Waals surface area contributed by atoms with Crippen molar-refractivity contribution in [1.82, 2.24) is 20.0 Å². The molecule has 0 radical (unpaired) electrons. The molecule has 4 N–H and O–H groups in total. The average molecular weight is 473 g/mol. The normalized spacial score (nSPS) is 16.2. The largest absolute Gasteiger partial charge is 0.379 e. The van der Waals surface area contributed by atoms with E-state index in [4.69, 9.17) is 10.5 Å². The number of morpholine rings is 1. The Kier molecular flexibility index (Phi) is 12.2. The Hall–Kier alpha value is -1.91. The van der Waals surface area contributed by atoms with Crippen molar-refractivity contribution in [2.45, 2.75) is 26.7 Å². The van der Waals surface area contributed by atoms with Crippen molar-refractivity contribution < 1.29 is 14.3 Å². The van der Waals surface area contributed by atoms with Gasteiger partial charge < -0.3 is 20.7 Å². The molecule has 10 heteroatoms. The number of halogens is 1. The number of anilines is 1. The molecule has 0 bridgehead atoms. The quantitative estimate of drug-likeness (QED) is 0.543. The molecule has 0 aromatic carbocycles. The lowest BCUT2D eigenvalue weighted by Gasteiger charge is -2.26. The van der Waals surface area contributed by atoms with Crippen LogP contribution in [0.25, 0.3) is 0 Å². The van der Waals surface area contributed by atoms with Crippen LogP contribution in [0.15, 0.2) is 17.3 Å². The van der Waals surface area contributed by atoms with Gasteiger partial charge in [-0.2, -0.15) is 5.10 Å². The van der Waals surface area contributed by atoms with Gasteiger partial charge in [-0.1, -0.05) is 20.4 Å². The molecule has 0 saturated carbocycles. The van der Waals surface area contributed by atoms with E-state index in [1.165, 1.54) is 6.08 Å². The van der Waals surface area contributed by atoms with Crippen molar-refractivity contribution >= 4 is 33.6 Å². The Morgan fingerprint density at radius 3 is 2.45 bits per heavy atom. The van der Waals surface area contributed by atoms with Crippen LogP contribution in [0.2, 0.25) is 0 Å². The van der Waals surface area contributed by atoms with Gasteiger partial charge in [0.2, 0.25) is 5.91 Å². The van der Waals surface area contributed by atoms with Gasteiger partial charge in [0.15, 0.2) is 5.82 Å². The van der Waals surface area contributed by atoms with Gasteiger partial charge in [0.25, 0.3) is 5.91 Å². The standard InChI is InChI=1S/C10H16BrN5O2.C7H11NO.C2H6/c11-8-7(9(12)17)10(15-14-8)13-1-2-16-3-5-18-6-4-16;1-2-7(9)8-5-3-4-6-8;1-2/h1-6H2,(H2,12,17)(H2,13,14,15);2H,1,3-6H2;1-2H3. The second-order valence-electron chi connectivity index (χ2n) is 6.24. The maximum atomic E-state index is 11.2. The highest BCUT2D eigenvalue weighted by Crippen LogP contribution is 2.20. The molecule has 1 aromatic heterocycles. The zero-order valence-corrected chi connectivity index (χ0v) is 19.0. The molecule has 0 unspecified atom stereocenters. The maximum absolute atomic E-state index is 11.2. The molecule has 0 spiro atoms. The van der Waals surface area contributed by atoms with Gasteiger partial charge in [-0.3, -0.25) is 19.6 Å². The first kappa shape index (κ1) is 25.1. The Bertz CT molecular complexity index is 640. The zero-order valence-electron chi connectivity index (χ0n) is 17.4. The van der Waals surface area contributed by atoms with E-state index in [2.05, 4.69) is 42.9 Å². The van der Waals surface area contributed by atoms with Gasteiger partial charge in [0.1, 0.15) is 10.2 Å². The minimum Gasteiger partial charge on any atom is -0.379 e. The van der Waals surface area contributed by atoms with Crippen LogP contribution in [0.5, 0.6) is 0 Å². The molecule has 2 fully saturated rings. The molecule has 2 aliphatic heterocycles. The van der Waals surface area contributed by atoms with Crippen LogP contribution in [0.3, 0.4) is 0 Å². The molecule has 9 nitrogen and oxygen atoms in total. The number of nitrogens with two attached hydrogens (primary N) is 1. The van der Waals surface area contributed by atoms with Crippen molar-refractivity contribution in [2.24, 2.45) is 5.73 Å². The predicted molar refractivity (Wildman–Crippen MR) is 118 cm³/mol. The monoisotopic (exact) mass is 472 g/mol. The van der Waals surface area contributed by atoms with Crippen molar-refractivity contribution in [3.63, 3.8) is 0 Å². The number of carbonyl (C=O) groups excluding carboxylic acids is 2. The molecular formula is C19H33BrN6O3. The van der Waals surface area contributed by atoms with Crippen molar-refractivity contribution in [3.8, 4) is 0 Å². The smallest absolute Gasteiger partial charge is 0.255 e. The van der Waals surface area contributed by atoms with E-state index in [0.29, 0.717) is 22.5 Å². The van der Waals surface area contributed by atoms with Gasteiger partial charge in [-0.05, 0) is 34.8 Å². The third-order valence-electron chi connectivity index (χ3n) is 4.39. The molecule has 2 saturated heterocycles. The minimum absolute atomic E-state index is 0.0764. The van der Waals surface area contributed by atoms with Crippen molar-refractivity contribution in [2.75, 3.05) is 57.8 Å². The summed E-state index contributed by atoms with van der Waals surface area (Å²) in [5.74, 6) is 0.0552. The topological polar surface area (TPSA) is 117 Å². The molecule has 3 heterocycles. The number of aromatic nitrogens is 2. The third-order valence-corrected chi connectivity index (χ3v) is 4.96. The number of amides is 2. The fourth-order valence-electron chi connectivity index (χ4n) is 2.90. The molecule has 1 aromatic rings. The van der Waals surface area contributed by atoms with Gasteiger partial charge in [-0.15, -0.1) is 0 Å². The van der Waals surface area contributed by atoms with E-state index in [-0.39, 0.29) is 5.91 Å². The number of rotatable bonds is 6. The highest BCUT2D eigenvalue weighted by atomic mass is 79.9. The lowest BCUT2D eigenvalue weighted by molar-refractivity contribution is -0.124. The molecule has 2 aliphatic rings. The van der Waals surface area contributed by atoms with E-state index in [1.54, 1.807) is 0 Å². The Labute approximate surface area is 181 Å². The average Bonchev–Trinajstić information content (AvgIpc) is 3.40. The van der Waals surface area contributed by atoms with Gasteiger partial charge in [-0.25, -0.2) is 0 Å². The molecule has 0 aliphatic carbocycles. The molecule has 29 heavy (non-hydrogen) atoms. The first-order valence-electron chi connectivity index (χ1n) is 10.0. The minimum atomic E-state index is -0.510. The van der Waals surface area contributed by atoms with E-state index in [9.17, 15) is 9.59 Å². The van der Waals surface area contributed by atoms with Crippen molar-refractivity contribution in [1.29, 1.82) is 0 Å². The Balaban J connectivity index is 0.000000321. The second kappa shape index (κ2) is 14.1. The number of carbonyl (C=O) groups is 2. The number of nitrogens with one attached hydrogen (secondary N) is 2. The number of aromatic amines is 1. The van der Waals surface area contributed by atoms with Gasteiger partial charge >= 0.3 is 0 Å². The molecular weight excluding hydrogens is 440 g/mol. The highest BCUT2D eigenvalue weighted by molar-refractivity contribution is 9.10. The van der Waals surface area contributed by atoms with E-state index in [1.807, 2.05) is 18.7 Å². The summed E-state index contributed by atoms with van der Waals surface area (Å²) < 4.78 is 5.78. The molecule has 3 rings (SSSR count). The number of H-pyrrole nitrogens is 1. The fourth-order valence-corrected chi connectivity index (χ4v) is 3.37. The summed E-state index contributed by atoms with van der Waals surface area (Å²) in [6.45, 7) is 14.3. The van der Waals surface area contributed by atoms with E-state index in [0.717, 1.165) is 58.8 Å².